The Labute approximate surface area is 220 Å². The van der Waals surface area contributed by atoms with Gasteiger partial charge in [0.25, 0.3) is 0 Å². The molecule has 0 bridgehead atoms. The molecule has 196 valence electrons. The molecule has 3 saturated heterocycles. The highest BCUT2D eigenvalue weighted by atomic mass is 35.5. The van der Waals surface area contributed by atoms with E-state index in [2.05, 4.69) is 10.2 Å². The van der Waals surface area contributed by atoms with E-state index < -0.39 is 17.8 Å². The van der Waals surface area contributed by atoms with Gasteiger partial charge in [-0.25, -0.2) is 0 Å². The average molecular weight is 540 g/mol. The minimum atomic E-state index is -1.08. The van der Waals surface area contributed by atoms with Crippen molar-refractivity contribution in [3.05, 3.63) is 33.8 Å². The summed E-state index contributed by atoms with van der Waals surface area (Å²) in [6.45, 7) is 5.01. The lowest BCUT2D eigenvalue weighted by molar-refractivity contribution is -0.169. The number of hydrogen-bond donors (Lipinski definition) is 2. The van der Waals surface area contributed by atoms with Crippen LogP contribution in [0.15, 0.2) is 18.2 Å². The minimum absolute atomic E-state index is 0.179. The van der Waals surface area contributed by atoms with E-state index in [0.717, 1.165) is 31.6 Å². The Morgan fingerprint density at radius 3 is 2.33 bits per heavy atom. The summed E-state index contributed by atoms with van der Waals surface area (Å²) >= 11 is 13.2. The second kappa shape index (κ2) is 11.4. The maximum absolute atomic E-state index is 12.7. The lowest BCUT2D eigenvalue weighted by Gasteiger charge is -2.39. The maximum atomic E-state index is 12.7. The van der Waals surface area contributed by atoms with Crippen LogP contribution in [-0.4, -0.2) is 79.0 Å². The van der Waals surface area contributed by atoms with Crippen LogP contribution < -0.4 is 10.2 Å². The molecular weight excluding hydrogens is 509 g/mol. The quantitative estimate of drug-likeness (QED) is 0.534. The number of nitrogens with zero attached hydrogens (tertiary/aromatic N) is 2. The first kappa shape index (κ1) is 26.7. The molecule has 1 atom stereocenters. The number of anilines is 1. The van der Waals surface area contributed by atoms with Crippen molar-refractivity contribution in [2.75, 3.05) is 44.3 Å². The number of nitrogens with one attached hydrogen (secondary N) is 1. The summed E-state index contributed by atoms with van der Waals surface area (Å²) in [4.78, 5) is 39.7. The van der Waals surface area contributed by atoms with Gasteiger partial charge in [-0.3, -0.25) is 14.4 Å². The highest BCUT2D eigenvalue weighted by molar-refractivity contribution is 6.44. The van der Waals surface area contributed by atoms with Gasteiger partial charge in [-0.1, -0.05) is 29.3 Å². The SMILES string of the molecule is CC(NC(=O)C1CCN(C(=O)C=Cc2ccc(N3CCC4(CC3)OCCO4)c(Cl)c2Cl)CC1)C(=O)O. The van der Waals surface area contributed by atoms with Gasteiger partial charge in [0.1, 0.15) is 6.04 Å². The van der Waals surface area contributed by atoms with Crippen molar-refractivity contribution >= 4 is 52.7 Å². The van der Waals surface area contributed by atoms with Crippen LogP contribution in [0.1, 0.15) is 38.2 Å². The van der Waals surface area contributed by atoms with E-state index in [1.54, 1.807) is 11.0 Å². The maximum Gasteiger partial charge on any atom is 0.325 e. The van der Waals surface area contributed by atoms with E-state index in [4.69, 9.17) is 37.8 Å². The summed E-state index contributed by atoms with van der Waals surface area (Å²) < 4.78 is 11.6. The van der Waals surface area contributed by atoms with Crippen molar-refractivity contribution in [1.82, 2.24) is 10.2 Å². The van der Waals surface area contributed by atoms with Crippen LogP contribution in [0.3, 0.4) is 0 Å². The standard InChI is InChI=1S/C25H31Cl2N3O6/c1-16(24(33)34)28-23(32)18-6-10-30(11-7-18)20(31)5-3-17-2-4-19(22(27)21(17)26)29-12-8-25(9-13-29)35-14-15-36-25/h2-5,16,18H,6-15H2,1H3,(H,28,32)(H,33,34). The van der Waals surface area contributed by atoms with Gasteiger partial charge in [-0.05, 0) is 37.5 Å². The lowest BCUT2D eigenvalue weighted by atomic mass is 9.95. The summed E-state index contributed by atoms with van der Waals surface area (Å²) in [5.74, 6) is -2.32. The molecule has 1 aromatic rings. The second-order valence-corrected chi connectivity index (χ2v) is 10.2. The van der Waals surface area contributed by atoms with Gasteiger partial charge in [-0.2, -0.15) is 0 Å². The first-order valence-electron chi connectivity index (χ1n) is 12.2. The number of halogens is 2. The highest BCUT2D eigenvalue weighted by Gasteiger charge is 2.40. The van der Waals surface area contributed by atoms with Crippen LogP contribution in [-0.2, 0) is 23.9 Å². The molecule has 3 aliphatic rings. The van der Waals surface area contributed by atoms with Crippen molar-refractivity contribution in [2.45, 2.75) is 44.4 Å². The Balaban J connectivity index is 1.31. The third-order valence-corrected chi connectivity index (χ3v) is 7.97. The third kappa shape index (κ3) is 5.96. The highest BCUT2D eigenvalue weighted by Crippen LogP contribution is 2.39. The van der Waals surface area contributed by atoms with Gasteiger partial charge in [-0.15, -0.1) is 0 Å². The number of rotatable bonds is 6. The number of carboxylic acids is 1. The molecule has 9 nitrogen and oxygen atoms in total. The van der Waals surface area contributed by atoms with Gasteiger partial charge in [0.2, 0.25) is 11.8 Å². The number of ether oxygens (including phenoxy) is 2. The topological polar surface area (TPSA) is 108 Å². The molecule has 4 rings (SSSR count). The number of carbonyl (C=O) groups is 3. The summed E-state index contributed by atoms with van der Waals surface area (Å²) in [5.41, 5.74) is 1.49. The minimum Gasteiger partial charge on any atom is -0.480 e. The number of aliphatic carboxylic acids is 1. The van der Waals surface area contributed by atoms with Crippen LogP contribution in [0.25, 0.3) is 6.08 Å². The predicted octanol–water partition coefficient (Wildman–Crippen LogP) is 3.18. The largest absolute Gasteiger partial charge is 0.480 e. The monoisotopic (exact) mass is 539 g/mol. The van der Waals surface area contributed by atoms with Crippen LogP contribution >= 0.6 is 23.2 Å². The Morgan fingerprint density at radius 1 is 1.08 bits per heavy atom. The first-order valence-corrected chi connectivity index (χ1v) is 13.0. The third-order valence-electron chi connectivity index (χ3n) is 7.08. The van der Waals surface area contributed by atoms with E-state index in [0.29, 0.717) is 54.8 Å². The zero-order chi connectivity index (χ0) is 25.9. The van der Waals surface area contributed by atoms with Crippen LogP contribution in [0.2, 0.25) is 10.0 Å². The molecule has 2 amide bonds. The molecule has 1 unspecified atom stereocenters. The summed E-state index contributed by atoms with van der Waals surface area (Å²) in [5, 5.41) is 12.3. The fourth-order valence-corrected chi connectivity index (χ4v) is 5.34. The molecule has 1 spiro atoms. The molecule has 3 heterocycles. The van der Waals surface area contributed by atoms with Crippen molar-refractivity contribution in [3.8, 4) is 0 Å². The van der Waals surface area contributed by atoms with E-state index in [1.165, 1.54) is 13.0 Å². The van der Waals surface area contributed by atoms with Gasteiger partial charge in [0.05, 0.1) is 28.9 Å². The second-order valence-electron chi connectivity index (χ2n) is 9.40. The molecule has 0 aliphatic carbocycles. The molecule has 36 heavy (non-hydrogen) atoms. The molecular formula is C25H31Cl2N3O6. The average Bonchev–Trinajstić information content (AvgIpc) is 3.33. The molecule has 11 heteroatoms. The zero-order valence-corrected chi connectivity index (χ0v) is 21.7. The van der Waals surface area contributed by atoms with Crippen LogP contribution in [0.5, 0.6) is 0 Å². The number of benzene rings is 1. The summed E-state index contributed by atoms with van der Waals surface area (Å²) in [6, 6.07) is 2.82. The van der Waals surface area contributed by atoms with Crippen LogP contribution in [0, 0.1) is 5.92 Å². The van der Waals surface area contributed by atoms with E-state index in [1.807, 2.05) is 12.1 Å². The van der Waals surface area contributed by atoms with E-state index >= 15 is 0 Å². The number of carbonyl (C=O) groups excluding carboxylic acids is 2. The summed E-state index contributed by atoms with van der Waals surface area (Å²) in [6.07, 6.45) is 5.59. The van der Waals surface area contributed by atoms with Crippen molar-refractivity contribution in [1.29, 1.82) is 0 Å². The normalized spacial score (nSPS) is 21.2. The number of hydrogen-bond acceptors (Lipinski definition) is 6. The lowest BCUT2D eigenvalue weighted by Crippen LogP contribution is -2.46. The molecule has 2 N–H and O–H groups in total. The van der Waals surface area contributed by atoms with Gasteiger partial charge in [0.15, 0.2) is 5.79 Å². The fraction of sp³-hybridized carbons (Fsp3) is 0.560. The zero-order valence-electron chi connectivity index (χ0n) is 20.2. The molecule has 3 fully saturated rings. The number of likely N-dealkylation sites (tertiary alicyclic amines) is 1. The molecule has 0 radical (unpaired) electrons. The number of amides is 2. The Hall–Kier alpha value is -2.33. The first-order chi connectivity index (χ1) is 17.2. The molecule has 0 saturated carbocycles. The Bertz CT molecular complexity index is 1020. The van der Waals surface area contributed by atoms with E-state index in [-0.39, 0.29) is 17.7 Å². The Morgan fingerprint density at radius 2 is 1.72 bits per heavy atom. The fourth-order valence-electron chi connectivity index (χ4n) is 4.82. The van der Waals surface area contributed by atoms with Gasteiger partial charge < -0.3 is 29.7 Å². The molecule has 0 aromatic heterocycles. The molecule has 1 aromatic carbocycles. The van der Waals surface area contributed by atoms with Crippen molar-refractivity contribution < 1.29 is 29.0 Å². The van der Waals surface area contributed by atoms with Crippen molar-refractivity contribution in [3.63, 3.8) is 0 Å². The van der Waals surface area contributed by atoms with Crippen molar-refractivity contribution in [2.24, 2.45) is 5.92 Å². The Kier molecular flexibility index (Phi) is 8.44. The van der Waals surface area contributed by atoms with Gasteiger partial charge >= 0.3 is 5.97 Å². The van der Waals surface area contributed by atoms with Gasteiger partial charge in [0, 0.05) is 51.0 Å². The predicted molar refractivity (Wildman–Crippen MR) is 136 cm³/mol. The smallest absolute Gasteiger partial charge is 0.325 e. The van der Waals surface area contributed by atoms with Crippen LogP contribution in [0.4, 0.5) is 5.69 Å². The van der Waals surface area contributed by atoms with E-state index in [9.17, 15) is 14.4 Å². The number of piperidine rings is 2. The molecule has 3 aliphatic heterocycles. The number of carboxylic acid groups (broad SMARTS) is 1. The summed E-state index contributed by atoms with van der Waals surface area (Å²) in [7, 11) is 0.